The van der Waals surface area contributed by atoms with Gasteiger partial charge in [0.2, 0.25) is 0 Å². The van der Waals surface area contributed by atoms with Crippen molar-refractivity contribution in [3.05, 3.63) is 45.3 Å². The lowest BCUT2D eigenvalue weighted by Crippen LogP contribution is -2.27. The summed E-state index contributed by atoms with van der Waals surface area (Å²) in [7, 11) is 0. The minimum absolute atomic E-state index is 0.175. The number of amides is 1. The number of nitrogens with one attached hydrogen (secondary N) is 1. The van der Waals surface area contributed by atoms with Crippen molar-refractivity contribution < 1.29 is 9.32 Å². The highest BCUT2D eigenvalue weighted by molar-refractivity contribution is 6.40. The Hall–Kier alpha value is -1.52. The van der Waals surface area contributed by atoms with Crippen molar-refractivity contribution in [1.29, 1.82) is 0 Å². The maximum Gasteiger partial charge on any atom is 0.278 e. The third-order valence-electron chi connectivity index (χ3n) is 4.68. The van der Waals surface area contributed by atoms with Crippen LogP contribution < -0.4 is 5.32 Å². The largest absolute Gasteiger partial charge is 0.360 e. The standard InChI is InChI=1S/C18H20Cl2N2O2/c1-18(2,3)10-7-8-14-11(9-10)15(22-24-14)17(23)21-16-12(19)5-4-6-13(16)20/h4-6,10H,7-9H2,1-3H3,(H,21,23)/t10-/m0/s1. The van der Waals surface area contributed by atoms with Crippen molar-refractivity contribution >= 4 is 34.8 Å². The lowest BCUT2D eigenvalue weighted by atomic mass is 9.71. The van der Waals surface area contributed by atoms with Gasteiger partial charge in [0.05, 0.1) is 15.7 Å². The maximum absolute atomic E-state index is 12.7. The van der Waals surface area contributed by atoms with Crippen molar-refractivity contribution in [3.8, 4) is 0 Å². The first-order valence-corrected chi connectivity index (χ1v) is 8.75. The van der Waals surface area contributed by atoms with E-state index in [1.165, 1.54) is 0 Å². The zero-order valence-corrected chi connectivity index (χ0v) is 15.5. The van der Waals surface area contributed by atoms with Crippen LogP contribution in [0.3, 0.4) is 0 Å². The molecule has 0 fully saturated rings. The number of rotatable bonds is 2. The summed E-state index contributed by atoms with van der Waals surface area (Å²) in [6.45, 7) is 6.66. The molecule has 0 bridgehead atoms. The molecular formula is C18H20Cl2N2O2. The van der Waals surface area contributed by atoms with Crippen molar-refractivity contribution in [2.45, 2.75) is 40.0 Å². The minimum Gasteiger partial charge on any atom is -0.360 e. The molecular weight excluding hydrogens is 347 g/mol. The van der Waals surface area contributed by atoms with Gasteiger partial charge in [-0.3, -0.25) is 4.79 Å². The van der Waals surface area contributed by atoms with Gasteiger partial charge in [-0.25, -0.2) is 0 Å². The molecule has 2 aromatic rings. The van der Waals surface area contributed by atoms with E-state index >= 15 is 0 Å². The molecule has 0 saturated carbocycles. The van der Waals surface area contributed by atoms with Crippen LogP contribution in [0.1, 0.15) is 49.0 Å². The highest BCUT2D eigenvalue weighted by atomic mass is 35.5. The Morgan fingerprint density at radius 1 is 1.29 bits per heavy atom. The van der Waals surface area contributed by atoms with Crippen LogP contribution in [-0.2, 0) is 12.8 Å². The average Bonchev–Trinajstić information content (AvgIpc) is 2.93. The summed E-state index contributed by atoms with van der Waals surface area (Å²) in [6.07, 6.45) is 2.65. The molecule has 1 N–H and O–H groups in total. The zero-order chi connectivity index (χ0) is 17.5. The Labute approximate surface area is 151 Å². The second-order valence-corrected chi connectivity index (χ2v) is 8.10. The van der Waals surface area contributed by atoms with Gasteiger partial charge in [0, 0.05) is 12.0 Å². The van der Waals surface area contributed by atoms with Crippen LogP contribution in [0.15, 0.2) is 22.7 Å². The summed E-state index contributed by atoms with van der Waals surface area (Å²) >= 11 is 12.2. The number of carbonyl (C=O) groups is 1. The summed E-state index contributed by atoms with van der Waals surface area (Å²) in [5.41, 5.74) is 1.80. The Bertz CT molecular complexity index is 758. The average molecular weight is 367 g/mol. The third kappa shape index (κ3) is 3.31. The fraction of sp³-hybridized carbons (Fsp3) is 0.444. The predicted octanol–water partition coefficient (Wildman–Crippen LogP) is 5.38. The lowest BCUT2D eigenvalue weighted by Gasteiger charge is -2.33. The van der Waals surface area contributed by atoms with E-state index in [0.29, 0.717) is 27.3 Å². The number of para-hydroxylation sites is 1. The first-order valence-electron chi connectivity index (χ1n) is 8.00. The summed E-state index contributed by atoms with van der Waals surface area (Å²) in [6, 6.07) is 5.08. The molecule has 0 aliphatic heterocycles. The molecule has 4 nitrogen and oxygen atoms in total. The van der Waals surface area contributed by atoms with Crippen LogP contribution >= 0.6 is 23.2 Å². The molecule has 0 saturated heterocycles. The normalized spacial score (nSPS) is 17.5. The van der Waals surface area contributed by atoms with Crippen molar-refractivity contribution in [3.63, 3.8) is 0 Å². The molecule has 1 aliphatic carbocycles. The number of aromatic nitrogens is 1. The Morgan fingerprint density at radius 2 is 1.96 bits per heavy atom. The molecule has 0 unspecified atom stereocenters. The van der Waals surface area contributed by atoms with Gasteiger partial charge in [-0.15, -0.1) is 0 Å². The SMILES string of the molecule is CC(C)(C)[C@H]1CCc2onc(C(=O)Nc3c(Cl)cccc3Cl)c2C1. The van der Waals surface area contributed by atoms with Gasteiger partial charge in [0.1, 0.15) is 5.76 Å². The van der Waals surface area contributed by atoms with Gasteiger partial charge >= 0.3 is 0 Å². The number of benzene rings is 1. The second-order valence-electron chi connectivity index (χ2n) is 7.29. The van der Waals surface area contributed by atoms with E-state index in [1.807, 2.05) is 0 Å². The first kappa shape index (κ1) is 17.3. The quantitative estimate of drug-likeness (QED) is 0.775. The van der Waals surface area contributed by atoms with Gasteiger partial charge in [0.25, 0.3) is 5.91 Å². The molecule has 3 rings (SSSR count). The third-order valence-corrected chi connectivity index (χ3v) is 5.31. The Balaban J connectivity index is 1.87. The monoisotopic (exact) mass is 366 g/mol. The molecule has 1 heterocycles. The fourth-order valence-corrected chi connectivity index (χ4v) is 3.60. The number of anilines is 1. The smallest absolute Gasteiger partial charge is 0.278 e. The molecule has 0 radical (unpaired) electrons. The summed E-state index contributed by atoms with van der Waals surface area (Å²) in [4.78, 5) is 12.7. The minimum atomic E-state index is -0.343. The number of hydrogen-bond donors (Lipinski definition) is 1. The number of hydrogen-bond acceptors (Lipinski definition) is 3. The molecule has 1 atom stereocenters. The van der Waals surface area contributed by atoms with E-state index in [0.717, 1.165) is 30.6 Å². The molecule has 0 spiro atoms. The van der Waals surface area contributed by atoms with E-state index in [4.69, 9.17) is 27.7 Å². The first-order chi connectivity index (χ1) is 11.3. The van der Waals surface area contributed by atoms with Crippen LogP contribution in [0, 0.1) is 11.3 Å². The van der Waals surface area contributed by atoms with E-state index in [9.17, 15) is 4.79 Å². The van der Waals surface area contributed by atoms with Crippen LogP contribution in [-0.4, -0.2) is 11.1 Å². The summed E-state index contributed by atoms with van der Waals surface area (Å²) in [5, 5.41) is 7.54. The van der Waals surface area contributed by atoms with Crippen LogP contribution in [0.5, 0.6) is 0 Å². The highest BCUT2D eigenvalue weighted by Gasteiger charge is 2.34. The molecule has 1 amide bonds. The van der Waals surface area contributed by atoms with Crippen molar-refractivity contribution in [2.75, 3.05) is 5.32 Å². The Morgan fingerprint density at radius 3 is 2.58 bits per heavy atom. The van der Waals surface area contributed by atoms with Gasteiger partial charge in [-0.05, 0) is 36.3 Å². The summed E-state index contributed by atoms with van der Waals surface area (Å²) in [5.74, 6) is 0.954. The number of aryl methyl sites for hydroxylation is 1. The van der Waals surface area contributed by atoms with Crippen molar-refractivity contribution in [1.82, 2.24) is 5.16 Å². The highest BCUT2D eigenvalue weighted by Crippen LogP contribution is 2.38. The van der Waals surface area contributed by atoms with Gasteiger partial charge < -0.3 is 9.84 Å². The van der Waals surface area contributed by atoms with Crippen LogP contribution in [0.4, 0.5) is 5.69 Å². The van der Waals surface area contributed by atoms with Gasteiger partial charge in [-0.1, -0.05) is 55.2 Å². The lowest BCUT2D eigenvalue weighted by molar-refractivity contribution is 0.101. The van der Waals surface area contributed by atoms with E-state index in [2.05, 4.69) is 31.2 Å². The van der Waals surface area contributed by atoms with E-state index in [-0.39, 0.29) is 11.3 Å². The van der Waals surface area contributed by atoms with Gasteiger partial charge in [-0.2, -0.15) is 0 Å². The molecule has 24 heavy (non-hydrogen) atoms. The summed E-state index contributed by atoms with van der Waals surface area (Å²) < 4.78 is 5.39. The van der Waals surface area contributed by atoms with Crippen LogP contribution in [0.2, 0.25) is 10.0 Å². The molecule has 1 aromatic heterocycles. The second kappa shape index (κ2) is 6.41. The van der Waals surface area contributed by atoms with Gasteiger partial charge in [0.15, 0.2) is 5.69 Å². The number of fused-ring (bicyclic) bond motifs is 1. The Kier molecular flexibility index (Phi) is 4.63. The fourth-order valence-electron chi connectivity index (χ4n) is 3.11. The maximum atomic E-state index is 12.7. The number of halogens is 2. The zero-order valence-electron chi connectivity index (χ0n) is 14.0. The molecule has 128 valence electrons. The topological polar surface area (TPSA) is 55.1 Å². The number of carbonyl (C=O) groups excluding carboxylic acids is 1. The molecule has 1 aliphatic rings. The predicted molar refractivity (Wildman–Crippen MR) is 95.9 cm³/mol. The number of nitrogens with zero attached hydrogens (tertiary/aromatic N) is 1. The molecule has 1 aromatic carbocycles. The van der Waals surface area contributed by atoms with Crippen LogP contribution in [0.25, 0.3) is 0 Å². The van der Waals surface area contributed by atoms with E-state index < -0.39 is 0 Å². The molecule has 6 heteroatoms. The van der Waals surface area contributed by atoms with Crippen molar-refractivity contribution in [2.24, 2.45) is 11.3 Å². The van der Waals surface area contributed by atoms with E-state index in [1.54, 1.807) is 18.2 Å².